The van der Waals surface area contributed by atoms with Gasteiger partial charge in [0, 0.05) is 18.3 Å². The molecule has 110 valence electrons. The van der Waals surface area contributed by atoms with E-state index in [0.29, 0.717) is 6.04 Å². The summed E-state index contributed by atoms with van der Waals surface area (Å²) < 4.78 is 6.18. The molecule has 1 atom stereocenters. The first-order valence-corrected chi connectivity index (χ1v) is 8.14. The average Bonchev–Trinajstić information content (AvgIpc) is 2.38. The SMILES string of the molecule is Cc1cc(C)cc(NC2CCOC3(CCCCC3)C2)c1. The number of hydrogen-bond acceptors (Lipinski definition) is 2. The van der Waals surface area contributed by atoms with Gasteiger partial charge in [-0.05, 0) is 62.8 Å². The Hall–Kier alpha value is -1.02. The molecule has 1 aromatic carbocycles. The summed E-state index contributed by atoms with van der Waals surface area (Å²) >= 11 is 0. The van der Waals surface area contributed by atoms with Crippen molar-refractivity contribution < 1.29 is 4.74 Å². The molecule has 20 heavy (non-hydrogen) atoms. The van der Waals surface area contributed by atoms with Crippen molar-refractivity contribution in [2.45, 2.75) is 70.4 Å². The molecule has 1 unspecified atom stereocenters. The molecule has 1 spiro atoms. The molecule has 2 heteroatoms. The Morgan fingerprint density at radius 1 is 1.05 bits per heavy atom. The van der Waals surface area contributed by atoms with Crippen LogP contribution in [-0.2, 0) is 4.74 Å². The highest BCUT2D eigenvalue weighted by molar-refractivity contribution is 5.49. The first-order valence-electron chi connectivity index (χ1n) is 8.14. The van der Waals surface area contributed by atoms with Crippen LogP contribution in [0.1, 0.15) is 56.1 Å². The molecule has 0 amide bonds. The van der Waals surface area contributed by atoms with E-state index < -0.39 is 0 Å². The lowest BCUT2D eigenvalue weighted by atomic mass is 9.78. The Morgan fingerprint density at radius 3 is 2.45 bits per heavy atom. The van der Waals surface area contributed by atoms with Crippen molar-refractivity contribution in [1.82, 2.24) is 0 Å². The van der Waals surface area contributed by atoms with Crippen LogP contribution >= 0.6 is 0 Å². The van der Waals surface area contributed by atoms with Crippen molar-refractivity contribution >= 4 is 5.69 Å². The van der Waals surface area contributed by atoms with Gasteiger partial charge in [0.25, 0.3) is 0 Å². The average molecular weight is 273 g/mol. The summed E-state index contributed by atoms with van der Waals surface area (Å²) in [4.78, 5) is 0. The first kappa shape index (κ1) is 13.9. The minimum atomic E-state index is 0.188. The molecule has 2 fully saturated rings. The fourth-order valence-electron chi connectivity index (χ4n) is 3.99. The summed E-state index contributed by atoms with van der Waals surface area (Å²) in [6, 6.07) is 7.33. The lowest BCUT2D eigenvalue weighted by Crippen LogP contribution is -2.45. The Morgan fingerprint density at radius 2 is 1.75 bits per heavy atom. The maximum absolute atomic E-state index is 6.18. The van der Waals surface area contributed by atoms with Crippen LogP contribution in [-0.4, -0.2) is 18.2 Å². The molecule has 1 aliphatic heterocycles. The summed E-state index contributed by atoms with van der Waals surface area (Å²) in [6.45, 7) is 5.26. The largest absolute Gasteiger partial charge is 0.382 e. The maximum Gasteiger partial charge on any atom is 0.0702 e. The van der Waals surface area contributed by atoms with Gasteiger partial charge >= 0.3 is 0 Å². The summed E-state index contributed by atoms with van der Waals surface area (Å²) in [5.74, 6) is 0. The van der Waals surface area contributed by atoms with Crippen LogP contribution in [0.25, 0.3) is 0 Å². The van der Waals surface area contributed by atoms with E-state index in [1.54, 1.807) is 0 Å². The summed E-state index contributed by atoms with van der Waals surface area (Å²) in [5, 5.41) is 3.75. The van der Waals surface area contributed by atoms with E-state index in [9.17, 15) is 0 Å². The highest BCUT2D eigenvalue weighted by Crippen LogP contribution is 2.39. The predicted molar refractivity (Wildman–Crippen MR) is 84.3 cm³/mol. The van der Waals surface area contributed by atoms with Crippen LogP contribution in [0.4, 0.5) is 5.69 Å². The van der Waals surface area contributed by atoms with E-state index in [4.69, 9.17) is 4.74 Å². The van der Waals surface area contributed by atoms with Gasteiger partial charge in [-0.1, -0.05) is 25.3 Å². The van der Waals surface area contributed by atoms with Crippen molar-refractivity contribution in [1.29, 1.82) is 0 Å². The summed E-state index contributed by atoms with van der Waals surface area (Å²) in [5.41, 5.74) is 4.15. The third-order valence-corrected chi connectivity index (χ3v) is 4.85. The molecule has 2 aliphatic rings. The van der Waals surface area contributed by atoms with Gasteiger partial charge < -0.3 is 10.1 Å². The normalized spacial score (nSPS) is 25.6. The van der Waals surface area contributed by atoms with Crippen LogP contribution in [0.3, 0.4) is 0 Å². The van der Waals surface area contributed by atoms with Crippen molar-refractivity contribution in [2.24, 2.45) is 0 Å². The summed E-state index contributed by atoms with van der Waals surface area (Å²) in [7, 11) is 0. The number of benzene rings is 1. The molecule has 1 saturated heterocycles. The molecule has 0 bridgehead atoms. The molecule has 1 aliphatic carbocycles. The first-order chi connectivity index (χ1) is 9.65. The van der Waals surface area contributed by atoms with Gasteiger partial charge in [0.1, 0.15) is 0 Å². The van der Waals surface area contributed by atoms with Gasteiger partial charge in [-0.15, -0.1) is 0 Å². The Labute approximate surface area is 122 Å². The van der Waals surface area contributed by atoms with E-state index in [2.05, 4.69) is 37.4 Å². The quantitative estimate of drug-likeness (QED) is 0.850. The monoisotopic (exact) mass is 273 g/mol. The second kappa shape index (κ2) is 5.77. The van der Waals surface area contributed by atoms with Gasteiger partial charge in [-0.2, -0.15) is 0 Å². The molecule has 3 rings (SSSR count). The number of nitrogens with one attached hydrogen (secondary N) is 1. The van der Waals surface area contributed by atoms with Crippen molar-refractivity contribution in [3.05, 3.63) is 29.3 Å². The predicted octanol–water partition coefficient (Wildman–Crippen LogP) is 4.60. The van der Waals surface area contributed by atoms with Crippen LogP contribution in [0, 0.1) is 13.8 Å². The van der Waals surface area contributed by atoms with Crippen molar-refractivity contribution in [3.63, 3.8) is 0 Å². The Balaban J connectivity index is 1.67. The van der Waals surface area contributed by atoms with Gasteiger partial charge in [0.15, 0.2) is 0 Å². The minimum absolute atomic E-state index is 0.188. The zero-order chi connectivity index (χ0) is 14.0. The van der Waals surface area contributed by atoms with Crippen molar-refractivity contribution in [3.8, 4) is 0 Å². The fraction of sp³-hybridized carbons (Fsp3) is 0.667. The third kappa shape index (κ3) is 3.17. The number of rotatable bonds is 2. The van der Waals surface area contributed by atoms with Crippen LogP contribution in [0.2, 0.25) is 0 Å². The highest BCUT2D eigenvalue weighted by Gasteiger charge is 2.38. The molecule has 1 heterocycles. The number of ether oxygens (including phenoxy) is 1. The Bertz CT molecular complexity index is 437. The van der Waals surface area contributed by atoms with Crippen LogP contribution in [0.15, 0.2) is 18.2 Å². The topological polar surface area (TPSA) is 21.3 Å². The van der Waals surface area contributed by atoms with Gasteiger partial charge in [0.2, 0.25) is 0 Å². The standard InChI is InChI=1S/C18H27NO/c1-14-10-15(2)12-17(11-14)19-16-6-9-20-18(13-16)7-4-3-5-8-18/h10-12,16,19H,3-9,13H2,1-2H3. The smallest absolute Gasteiger partial charge is 0.0702 e. The maximum atomic E-state index is 6.18. The summed E-state index contributed by atoms with van der Waals surface area (Å²) in [6.07, 6.45) is 8.91. The molecular weight excluding hydrogens is 246 g/mol. The molecular formula is C18H27NO. The van der Waals surface area contributed by atoms with E-state index in [1.807, 2.05) is 0 Å². The molecule has 1 saturated carbocycles. The van der Waals surface area contributed by atoms with Crippen LogP contribution in [0.5, 0.6) is 0 Å². The van der Waals surface area contributed by atoms with Crippen molar-refractivity contribution in [2.75, 3.05) is 11.9 Å². The van der Waals surface area contributed by atoms with E-state index in [1.165, 1.54) is 55.3 Å². The number of anilines is 1. The second-order valence-electron chi connectivity index (χ2n) is 6.80. The van der Waals surface area contributed by atoms with E-state index in [0.717, 1.165) is 13.0 Å². The second-order valence-corrected chi connectivity index (χ2v) is 6.80. The Kier molecular flexibility index (Phi) is 4.02. The van der Waals surface area contributed by atoms with E-state index in [-0.39, 0.29) is 5.60 Å². The third-order valence-electron chi connectivity index (χ3n) is 4.85. The number of hydrogen-bond donors (Lipinski definition) is 1. The number of aryl methyl sites for hydroxylation is 2. The van der Waals surface area contributed by atoms with Gasteiger partial charge in [-0.25, -0.2) is 0 Å². The zero-order valence-electron chi connectivity index (χ0n) is 12.9. The molecule has 1 N–H and O–H groups in total. The fourth-order valence-corrected chi connectivity index (χ4v) is 3.99. The lowest BCUT2D eigenvalue weighted by molar-refractivity contribution is -0.103. The molecule has 1 aromatic rings. The lowest BCUT2D eigenvalue weighted by Gasteiger charge is -2.44. The van der Waals surface area contributed by atoms with Crippen LogP contribution < -0.4 is 5.32 Å². The van der Waals surface area contributed by atoms with E-state index >= 15 is 0 Å². The zero-order valence-corrected chi connectivity index (χ0v) is 12.9. The van der Waals surface area contributed by atoms with Gasteiger partial charge in [-0.3, -0.25) is 0 Å². The highest BCUT2D eigenvalue weighted by atomic mass is 16.5. The molecule has 2 nitrogen and oxygen atoms in total. The molecule has 0 aromatic heterocycles. The molecule has 0 radical (unpaired) electrons. The minimum Gasteiger partial charge on any atom is -0.382 e. The van der Waals surface area contributed by atoms with Gasteiger partial charge in [0.05, 0.1) is 5.60 Å².